The molecule has 0 amide bonds. The third-order valence-electron chi connectivity index (χ3n) is 3.18. The number of halogens is 1. The highest BCUT2D eigenvalue weighted by molar-refractivity contribution is 5.85. The Labute approximate surface area is 107 Å². The van der Waals surface area contributed by atoms with Gasteiger partial charge in [-0.2, -0.15) is 0 Å². The van der Waals surface area contributed by atoms with Gasteiger partial charge in [0.25, 0.3) is 0 Å². The Balaban J connectivity index is 0.00000144. The first-order valence-corrected chi connectivity index (χ1v) is 5.67. The second-order valence-corrected chi connectivity index (χ2v) is 4.57. The largest absolute Gasteiger partial charge is 0.506 e. The van der Waals surface area contributed by atoms with Gasteiger partial charge >= 0.3 is 0 Å². The molecule has 1 aromatic heterocycles. The van der Waals surface area contributed by atoms with Crippen LogP contribution in [-0.4, -0.2) is 15.2 Å². The van der Waals surface area contributed by atoms with Crippen molar-refractivity contribution in [3.8, 4) is 5.75 Å². The molecule has 1 aliphatic rings. The van der Waals surface area contributed by atoms with E-state index in [0.717, 1.165) is 6.42 Å². The fourth-order valence-corrected chi connectivity index (χ4v) is 2.02. The van der Waals surface area contributed by atoms with E-state index in [2.05, 4.69) is 4.98 Å². The average Bonchev–Trinajstić information content (AvgIpc) is 3.05. The first-order valence-electron chi connectivity index (χ1n) is 5.67. The first-order chi connectivity index (χ1) is 7.63. The lowest BCUT2D eigenvalue weighted by Gasteiger charge is -2.17. The van der Waals surface area contributed by atoms with E-state index in [4.69, 9.17) is 5.73 Å². The Morgan fingerprint density at radius 2 is 2.18 bits per heavy atom. The minimum absolute atomic E-state index is 0. The molecule has 1 aromatic rings. The molecule has 1 atom stereocenters. The monoisotopic (exact) mass is 258 g/mol. The normalized spacial score (nSPS) is 16.4. The Bertz CT molecular complexity index is 394. The van der Waals surface area contributed by atoms with E-state index in [1.807, 2.05) is 0 Å². The van der Waals surface area contributed by atoms with Gasteiger partial charge in [-0.05, 0) is 19.3 Å². The van der Waals surface area contributed by atoms with Gasteiger partial charge in [0, 0.05) is 23.4 Å². The molecule has 2 rings (SSSR count). The van der Waals surface area contributed by atoms with Crippen molar-refractivity contribution in [1.82, 2.24) is 4.98 Å². The first kappa shape index (κ1) is 14.2. The van der Waals surface area contributed by atoms with Gasteiger partial charge in [-0.25, -0.2) is 0 Å². The lowest BCUT2D eigenvalue weighted by Crippen LogP contribution is -2.14. The number of hydrogen-bond donors (Lipinski definition) is 3. The van der Waals surface area contributed by atoms with Crippen LogP contribution in [0.1, 0.15) is 42.1 Å². The molecule has 4 N–H and O–H groups in total. The van der Waals surface area contributed by atoms with Crippen LogP contribution in [0, 0.1) is 12.8 Å². The molecule has 1 heterocycles. The lowest BCUT2D eigenvalue weighted by molar-refractivity contribution is 0.277. The highest BCUT2D eigenvalue weighted by atomic mass is 35.5. The maximum Gasteiger partial charge on any atom is 0.141 e. The van der Waals surface area contributed by atoms with Gasteiger partial charge in [-0.3, -0.25) is 4.98 Å². The summed E-state index contributed by atoms with van der Waals surface area (Å²) < 4.78 is 0. The molecular formula is C12H19ClN2O2. The zero-order valence-electron chi connectivity index (χ0n) is 9.89. The van der Waals surface area contributed by atoms with Crippen LogP contribution < -0.4 is 5.73 Å². The molecule has 0 aromatic carbocycles. The summed E-state index contributed by atoms with van der Waals surface area (Å²) >= 11 is 0. The van der Waals surface area contributed by atoms with Crippen molar-refractivity contribution in [3.63, 3.8) is 0 Å². The van der Waals surface area contributed by atoms with Crippen LogP contribution >= 0.6 is 12.4 Å². The third-order valence-corrected chi connectivity index (χ3v) is 3.18. The van der Waals surface area contributed by atoms with Crippen molar-refractivity contribution in [1.29, 1.82) is 0 Å². The Kier molecular flexibility index (Phi) is 4.74. The molecule has 0 aliphatic heterocycles. The van der Waals surface area contributed by atoms with Crippen LogP contribution in [0.3, 0.4) is 0 Å². The van der Waals surface area contributed by atoms with E-state index in [0.29, 0.717) is 22.7 Å². The fourth-order valence-electron chi connectivity index (χ4n) is 2.02. The molecule has 4 nitrogen and oxygen atoms in total. The molecule has 0 bridgehead atoms. The molecular weight excluding hydrogens is 240 g/mol. The average molecular weight is 259 g/mol. The van der Waals surface area contributed by atoms with E-state index < -0.39 is 0 Å². The Morgan fingerprint density at radius 1 is 1.53 bits per heavy atom. The minimum Gasteiger partial charge on any atom is -0.506 e. The number of aliphatic hydroxyl groups is 1. The Hall–Kier alpha value is -0.840. The van der Waals surface area contributed by atoms with Crippen LogP contribution in [0.15, 0.2) is 6.20 Å². The standard InChI is InChI=1S/C12H18N2O2.ClH/c1-7-12(16)11(9(6-15)5-14-7)10(13)4-8-2-3-8;/h5,8,10,15-16H,2-4,6,13H2,1H3;1H/t10-;/m1./s1. The highest BCUT2D eigenvalue weighted by Crippen LogP contribution is 2.39. The van der Waals surface area contributed by atoms with Gasteiger partial charge in [0.2, 0.25) is 0 Å². The maximum absolute atomic E-state index is 9.96. The topological polar surface area (TPSA) is 79.4 Å². The van der Waals surface area contributed by atoms with Crippen molar-refractivity contribution in [2.24, 2.45) is 11.7 Å². The second-order valence-electron chi connectivity index (χ2n) is 4.57. The highest BCUT2D eigenvalue weighted by Gasteiger charge is 2.27. The molecule has 1 fully saturated rings. The number of aromatic hydroxyl groups is 1. The van der Waals surface area contributed by atoms with Crippen LogP contribution in [0.4, 0.5) is 0 Å². The van der Waals surface area contributed by atoms with Crippen molar-refractivity contribution in [2.45, 2.75) is 38.8 Å². The summed E-state index contributed by atoms with van der Waals surface area (Å²) in [7, 11) is 0. The maximum atomic E-state index is 9.96. The summed E-state index contributed by atoms with van der Waals surface area (Å²) in [5.41, 5.74) is 7.95. The van der Waals surface area contributed by atoms with Crippen LogP contribution in [-0.2, 0) is 6.61 Å². The second kappa shape index (κ2) is 5.67. The van der Waals surface area contributed by atoms with Crippen molar-refractivity contribution in [2.75, 3.05) is 0 Å². The quantitative estimate of drug-likeness (QED) is 0.770. The lowest BCUT2D eigenvalue weighted by atomic mass is 9.97. The zero-order chi connectivity index (χ0) is 11.7. The van der Waals surface area contributed by atoms with Gasteiger partial charge in [-0.15, -0.1) is 12.4 Å². The summed E-state index contributed by atoms with van der Waals surface area (Å²) in [6, 6.07) is -0.198. The SMILES string of the molecule is Cc1ncc(CO)c([C@H](N)CC2CC2)c1O.Cl. The Morgan fingerprint density at radius 3 is 2.71 bits per heavy atom. The predicted molar refractivity (Wildman–Crippen MR) is 68.1 cm³/mol. The van der Waals surface area contributed by atoms with Crippen molar-refractivity contribution >= 4 is 12.4 Å². The number of pyridine rings is 1. The molecule has 1 aliphatic carbocycles. The summed E-state index contributed by atoms with van der Waals surface area (Å²) in [5, 5.41) is 19.2. The van der Waals surface area contributed by atoms with E-state index in [1.165, 1.54) is 12.8 Å². The number of aliphatic hydroxyl groups excluding tert-OH is 1. The van der Waals surface area contributed by atoms with Gasteiger partial charge in [-0.1, -0.05) is 12.8 Å². The summed E-state index contributed by atoms with van der Waals surface area (Å²) in [4.78, 5) is 4.02. The van der Waals surface area contributed by atoms with Gasteiger partial charge < -0.3 is 15.9 Å². The number of aryl methyl sites for hydroxylation is 1. The number of nitrogens with zero attached hydrogens (tertiary/aromatic N) is 1. The molecule has 0 radical (unpaired) electrons. The van der Waals surface area contributed by atoms with Crippen LogP contribution in [0.2, 0.25) is 0 Å². The van der Waals surface area contributed by atoms with Gasteiger partial charge in [0.05, 0.1) is 12.3 Å². The molecule has 17 heavy (non-hydrogen) atoms. The zero-order valence-corrected chi connectivity index (χ0v) is 10.7. The van der Waals surface area contributed by atoms with Crippen LogP contribution in [0.5, 0.6) is 5.75 Å². The third kappa shape index (κ3) is 3.09. The van der Waals surface area contributed by atoms with Crippen molar-refractivity contribution in [3.05, 3.63) is 23.0 Å². The molecule has 96 valence electrons. The molecule has 1 saturated carbocycles. The van der Waals surface area contributed by atoms with E-state index in [9.17, 15) is 10.2 Å². The number of aromatic nitrogens is 1. The summed E-state index contributed by atoms with van der Waals surface area (Å²) in [5.74, 6) is 0.828. The van der Waals surface area contributed by atoms with Crippen LogP contribution in [0.25, 0.3) is 0 Å². The summed E-state index contributed by atoms with van der Waals surface area (Å²) in [6.07, 6.45) is 4.93. The minimum atomic E-state index is -0.198. The predicted octanol–water partition coefficient (Wildman–Crippen LogP) is 1.81. The molecule has 0 unspecified atom stereocenters. The smallest absolute Gasteiger partial charge is 0.141 e. The van der Waals surface area contributed by atoms with Gasteiger partial charge in [0.15, 0.2) is 0 Å². The molecule has 0 spiro atoms. The van der Waals surface area contributed by atoms with Gasteiger partial charge in [0.1, 0.15) is 5.75 Å². The fraction of sp³-hybridized carbons (Fsp3) is 0.583. The van der Waals surface area contributed by atoms with Crippen molar-refractivity contribution < 1.29 is 10.2 Å². The van der Waals surface area contributed by atoms with E-state index in [1.54, 1.807) is 13.1 Å². The number of nitrogens with two attached hydrogens (primary N) is 1. The van der Waals surface area contributed by atoms with E-state index in [-0.39, 0.29) is 30.8 Å². The number of rotatable bonds is 4. The molecule has 5 heteroatoms. The van der Waals surface area contributed by atoms with E-state index >= 15 is 0 Å². The summed E-state index contributed by atoms with van der Waals surface area (Å²) in [6.45, 7) is 1.61. The number of hydrogen-bond acceptors (Lipinski definition) is 4. The molecule has 0 saturated heterocycles.